The van der Waals surface area contributed by atoms with E-state index in [1.807, 2.05) is 0 Å². The normalized spacial score (nSPS) is 25.9. The predicted octanol–water partition coefficient (Wildman–Crippen LogP) is 2.57. The Morgan fingerprint density at radius 1 is 1.35 bits per heavy atom. The van der Waals surface area contributed by atoms with Crippen LogP contribution in [0.2, 0.25) is 0 Å². The highest BCUT2D eigenvalue weighted by Gasteiger charge is 2.39. The second-order valence-corrected chi connectivity index (χ2v) is 6.13. The number of aliphatic hydroxyl groups is 1. The number of rotatable bonds is 6. The van der Waals surface area contributed by atoms with Gasteiger partial charge in [-0.3, -0.25) is 0 Å². The van der Waals surface area contributed by atoms with E-state index in [1.54, 1.807) is 0 Å². The largest absolute Gasteiger partial charge is 0.388 e. The minimum atomic E-state index is -0.618. The molecule has 20 heavy (non-hydrogen) atoms. The highest BCUT2D eigenvalue weighted by Crippen LogP contribution is 2.37. The van der Waals surface area contributed by atoms with E-state index in [0.29, 0.717) is 12.5 Å². The van der Waals surface area contributed by atoms with E-state index < -0.39 is 5.60 Å². The maximum Gasteiger partial charge on any atom is 0.0798 e. The molecule has 0 spiro atoms. The minimum Gasteiger partial charge on any atom is -0.388 e. The van der Waals surface area contributed by atoms with Crippen molar-refractivity contribution in [2.24, 2.45) is 11.7 Å². The quantitative estimate of drug-likeness (QED) is 0.839. The van der Waals surface area contributed by atoms with Crippen molar-refractivity contribution in [2.45, 2.75) is 44.6 Å². The first-order valence-corrected chi connectivity index (χ1v) is 7.81. The van der Waals surface area contributed by atoms with Crippen LogP contribution in [0.4, 0.5) is 5.69 Å². The molecule has 0 aromatic heterocycles. The average Bonchev–Trinajstić information content (AvgIpc) is 2.86. The van der Waals surface area contributed by atoms with E-state index >= 15 is 0 Å². The van der Waals surface area contributed by atoms with Crippen molar-refractivity contribution in [2.75, 3.05) is 25.0 Å². The summed E-state index contributed by atoms with van der Waals surface area (Å²) in [6.07, 6.45) is 5.17. The molecule has 0 saturated heterocycles. The first kappa shape index (κ1) is 15.3. The molecule has 1 saturated carbocycles. The van der Waals surface area contributed by atoms with Crippen LogP contribution in [0.3, 0.4) is 0 Å². The summed E-state index contributed by atoms with van der Waals surface area (Å²) in [5.41, 5.74) is 7.74. The van der Waals surface area contributed by atoms with Gasteiger partial charge in [0.25, 0.3) is 0 Å². The first-order chi connectivity index (χ1) is 9.59. The molecule has 3 heteroatoms. The van der Waals surface area contributed by atoms with Crippen LogP contribution in [0.1, 0.15) is 38.2 Å². The molecule has 2 atom stereocenters. The lowest BCUT2D eigenvalue weighted by atomic mass is 9.88. The molecule has 1 aromatic carbocycles. The first-order valence-electron chi connectivity index (χ1n) is 7.81. The van der Waals surface area contributed by atoms with Gasteiger partial charge in [0.1, 0.15) is 0 Å². The van der Waals surface area contributed by atoms with Crippen LogP contribution in [-0.2, 0) is 6.42 Å². The van der Waals surface area contributed by atoms with Gasteiger partial charge in [-0.2, -0.15) is 0 Å². The maximum absolute atomic E-state index is 10.5. The second kappa shape index (κ2) is 6.59. The fraction of sp³-hybridized carbons (Fsp3) is 0.647. The van der Waals surface area contributed by atoms with E-state index in [0.717, 1.165) is 38.6 Å². The fourth-order valence-electron chi connectivity index (χ4n) is 3.27. The number of anilines is 1. The lowest BCUT2D eigenvalue weighted by Gasteiger charge is -2.30. The van der Waals surface area contributed by atoms with Crippen molar-refractivity contribution >= 4 is 5.69 Å². The van der Waals surface area contributed by atoms with E-state index in [1.165, 1.54) is 11.3 Å². The lowest BCUT2D eigenvalue weighted by molar-refractivity contribution is 0.00896. The Kier molecular flexibility index (Phi) is 5.06. The fourth-order valence-corrected chi connectivity index (χ4v) is 3.27. The van der Waals surface area contributed by atoms with Crippen molar-refractivity contribution in [3.05, 3.63) is 29.8 Å². The summed E-state index contributed by atoms with van der Waals surface area (Å²) in [6.45, 7) is 3.54. The molecule has 112 valence electrons. The highest BCUT2D eigenvalue weighted by molar-refractivity contribution is 5.46. The zero-order valence-corrected chi connectivity index (χ0v) is 12.8. The molecule has 1 aromatic rings. The number of nitrogens with two attached hydrogens (primary N) is 1. The van der Waals surface area contributed by atoms with Crippen molar-refractivity contribution in [3.63, 3.8) is 0 Å². The maximum atomic E-state index is 10.5. The summed E-state index contributed by atoms with van der Waals surface area (Å²) >= 11 is 0. The summed E-state index contributed by atoms with van der Waals surface area (Å²) in [4.78, 5) is 2.27. The number of hydrogen-bond donors (Lipinski definition) is 2. The van der Waals surface area contributed by atoms with Crippen LogP contribution in [0.15, 0.2) is 24.3 Å². The van der Waals surface area contributed by atoms with Crippen LogP contribution in [-0.4, -0.2) is 30.8 Å². The molecule has 0 bridgehead atoms. The molecule has 1 aliphatic carbocycles. The Balaban J connectivity index is 1.89. The zero-order valence-electron chi connectivity index (χ0n) is 12.8. The van der Waals surface area contributed by atoms with Gasteiger partial charge in [-0.25, -0.2) is 0 Å². The van der Waals surface area contributed by atoms with Crippen molar-refractivity contribution in [1.82, 2.24) is 0 Å². The molecule has 3 nitrogen and oxygen atoms in total. The molecule has 1 fully saturated rings. The van der Waals surface area contributed by atoms with Crippen LogP contribution >= 0.6 is 0 Å². The zero-order chi connectivity index (χ0) is 14.6. The van der Waals surface area contributed by atoms with Gasteiger partial charge in [-0.05, 0) is 49.3 Å². The van der Waals surface area contributed by atoms with Crippen LogP contribution < -0.4 is 10.6 Å². The molecule has 3 N–H and O–H groups in total. The van der Waals surface area contributed by atoms with E-state index in [2.05, 4.69) is 43.1 Å². The predicted molar refractivity (Wildman–Crippen MR) is 85.1 cm³/mol. The van der Waals surface area contributed by atoms with Gasteiger partial charge in [0.15, 0.2) is 0 Å². The van der Waals surface area contributed by atoms with Gasteiger partial charge in [0.2, 0.25) is 0 Å². The highest BCUT2D eigenvalue weighted by atomic mass is 16.3. The Morgan fingerprint density at radius 2 is 2.05 bits per heavy atom. The number of nitrogens with zero attached hydrogens (tertiary/aromatic N) is 1. The summed E-state index contributed by atoms with van der Waals surface area (Å²) < 4.78 is 0. The smallest absolute Gasteiger partial charge is 0.0798 e. The topological polar surface area (TPSA) is 49.5 Å². The van der Waals surface area contributed by atoms with Crippen molar-refractivity contribution in [3.8, 4) is 0 Å². The third-order valence-corrected chi connectivity index (χ3v) is 4.87. The standard InChI is InChI=1S/C17H28N2O/c1-3-14-6-8-16(9-7-14)19(2)12-10-15-5-4-11-17(15,20)13-18/h6-9,15,20H,3-5,10-13,18H2,1-2H3. The Hall–Kier alpha value is -1.06. The molecular formula is C17H28N2O. The number of benzene rings is 1. The summed E-state index contributed by atoms with van der Waals surface area (Å²) in [5, 5.41) is 10.5. The Morgan fingerprint density at radius 3 is 2.65 bits per heavy atom. The summed E-state index contributed by atoms with van der Waals surface area (Å²) in [5.74, 6) is 0.352. The number of hydrogen-bond acceptors (Lipinski definition) is 3. The molecular weight excluding hydrogens is 248 g/mol. The van der Waals surface area contributed by atoms with E-state index in [-0.39, 0.29) is 0 Å². The molecule has 0 heterocycles. The van der Waals surface area contributed by atoms with Gasteiger partial charge >= 0.3 is 0 Å². The van der Waals surface area contributed by atoms with Crippen molar-refractivity contribution < 1.29 is 5.11 Å². The molecule has 2 rings (SSSR count). The van der Waals surface area contributed by atoms with Crippen LogP contribution in [0.25, 0.3) is 0 Å². The molecule has 0 radical (unpaired) electrons. The van der Waals surface area contributed by atoms with Gasteiger partial charge in [-0.15, -0.1) is 0 Å². The summed E-state index contributed by atoms with van der Waals surface area (Å²) in [6, 6.07) is 8.75. The van der Waals surface area contributed by atoms with E-state index in [4.69, 9.17) is 5.73 Å². The van der Waals surface area contributed by atoms with Crippen LogP contribution in [0.5, 0.6) is 0 Å². The number of aryl methyl sites for hydroxylation is 1. The lowest BCUT2D eigenvalue weighted by Crippen LogP contribution is -2.42. The second-order valence-electron chi connectivity index (χ2n) is 6.13. The molecule has 0 amide bonds. The van der Waals surface area contributed by atoms with Gasteiger partial charge < -0.3 is 15.7 Å². The minimum absolute atomic E-state index is 0.352. The monoisotopic (exact) mass is 276 g/mol. The SMILES string of the molecule is CCc1ccc(N(C)CCC2CCCC2(O)CN)cc1. The van der Waals surface area contributed by atoms with Crippen molar-refractivity contribution in [1.29, 1.82) is 0 Å². The van der Waals surface area contributed by atoms with Crippen LogP contribution in [0, 0.1) is 5.92 Å². The molecule has 1 aliphatic rings. The van der Waals surface area contributed by atoms with Gasteiger partial charge in [-0.1, -0.05) is 25.5 Å². The van der Waals surface area contributed by atoms with Gasteiger partial charge in [0.05, 0.1) is 5.60 Å². The van der Waals surface area contributed by atoms with Gasteiger partial charge in [0, 0.05) is 25.8 Å². The Bertz CT molecular complexity index is 418. The van der Waals surface area contributed by atoms with E-state index in [9.17, 15) is 5.11 Å². The summed E-state index contributed by atoms with van der Waals surface area (Å²) in [7, 11) is 2.12. The third kappa shape index (κ3) is 3.33. The average molecular weight is 276 g/mol. The molecule has 2 unspecified atom stereocenters. The molecule has 0 aliphatic heterocycles. The third-order valence-electron chi connectivity index (χ3n) is 4.87. The Labute approximate surface area is 122 Å².